The van der Waals surface area contributed by atoms with E-state index in [-0.39, 0.29) is 11.9 Å². The molecule has 0 saturated heterocycles. The van der Waals surface area contributed by atoms with Gasteiger partial charge >= 0.3 is 11.9 Å². The second-order valence-corrected chi connectivity index (χ2v) is 7.59. The molecule has 0 unspecified atom stereocenters. The number of carbonyl (C=O) groups is 2. The molecule has 0 aliphatic heterocycles. The van der Waals surface area contributed by atoms with E-state index in [4.69, 9.17) is 9.47 Å². The van der Waals surface area contributed by atoms with Gasteiger partial charge in [0.2, 0.25) is 0 Å². The van der Waals surface area contributed by atoms with Crippen LogP contribution in [-0.4, -0.2) is 25.2 Å². The van der Waals surface area contributed by atoms with Gasteiger partial charge < -0.3 is 9.47 Å². The van der Waals surface area contributed by atoms with Crippen molar-refractivity contribution >= 4 is 11.9 Å². The largest absolute Gasteiger partial charge is 0.462 e. The zero-order chi connectivity index (χ0) is 22.3. The molecule has 0 rings (SSSR count). The van der Waals surface area contributed by atoms with Crippen molar-refractivity contribution in [2.45, 2.75) is 111 Å². The number of hydrogen-bond donors (Lipinski definition) is 0. The zero-order valence-corrected chi connectivity index (χ0v) is 19.7. The van der Waals surface area contributed by atoms with Gasteiger partial charge in [-0.1, -0.05) is 98.1 Å². The Balaban J connectivity index is 0. The van der Waals surface area contributed by atoms with Gasteiger partial charge in [-0.05, 0) is 26.2 Å². The average Bonchev–Trinajstić information content (AvgIpc) is 2.70. The topological polar surface area (TPSA) is 52.6 Å². The number of rotatable bonds is 17. The molecule has 4 heteroatoms. The molecule has 0 radical (unpaired) electrons. The van der Waals surface area contributed by atoms with Crippen LogP contribution >= 0.6 is 0 Å². The fraction of sp³-hybridized carbons (Fsp3) is 0.760. The van der Waals surface area contributed by atoms with E-state index in [2.05, 4.69) is 27.0 Å². The Hall–Kier alpha value is -1.58. The molecular weight excluding hydrogens is 364 g/mol. The second kappa shape index (κ2) is 22.7. The van der Waals surface area contributed by atoms with E-state index < -0.39 is 0 Å². The minimum Gasteiger partial charge on any atom is -0.462 e. The molecular formula is C25H46O4. The predicted molar refractivity (Wildman–Crippen MR) is 123 cm³/mol. The smallest absolute Gasteiger partial charge is 0.333 e. The van der Waals surface area contributed by atoms with Crippen molar-refractivity contribution in [2.24, 2.45) is 0 Å². The van der Waals surface area contributed by atoms with E-state index in [1.54, 1.807) is 6.92 Å². The molecule has 0 amide bonds. The quantitative estimate of drug-likeness (QED) is 0.143. The molecule has 29 heavy (non-hydrogen) atoms. The van der Waals surface area contributed by atoms with E-state index in [0.29, 0.717) is 24.4 Å². The molecule has 0 aromatic rings. The van der Waals surface area contributed by atoms with Crippen LogP contribution in [0.15, 0.2) is 24.3 Å². The van der Waals surface area contributed by atoms with Gasteiger partial charge in [0.1, 0.15) is 0 Å². The normalized spacial score (nSPS) is 9.93. The molecule has 4 nitrogen and oxygen atoms in total. The monoisotopic (exact) mass is 410 g/mol. The van der Waals surface area contributed by atoms with Gasteiger partial charge in [0, 0.05) is 11.1 Å². The van der Waals surface area contributed by atoms with Crippen molar-refractivity contribution in [1.29, 1.82) is 0 Å². The van der Waals surface area contributed by atoms with Crippen LogP contribution in [0.2, 0.25) is 0 Å². The molecule has 0 atom stereocenters. The van der Waals surface area contributed by atoms with Crippen molar-refractivity contribution in [1.82, 2.24) is 0 Å². The lowest BCUT2D eigenvalue weighted by Crippen LogP contribution is -2.08. The third-order valence-corrected chi connectivity index (χ3v) is 4.40. The van der Waals surface area contributed by atoms with Crippen LogP contribution in [0.3, 0.4) is 0 Å². The molecule has 0 N–H and O–H groups in total. The van der Waals surface area contributed by atoms with Crippen molar-refractivity contribution in [3.8, 4) is 0 Å². The summed E-state index contributed by atoms with van der Waals surface area (Å²) in [6.45, 7) is 16.4. The van der Waals surface area contributed by atoms with E-state index in [1.807, 2.05) is 6.92 Å². The number of unbranched alkanes of at least 4 members (excludes halogenated alkanes) is 9. The Kier molecular flexibility index (Phi) is 23.2. The summed E-state index contributed by atoms with van der Waals surface area (Å²) in [6, 6.07) is 0. The lowest BCUT2D eigenvalue weighted by atomic mass is 10.1. The fourth-order valence-electron chi connectivity index (χ4n) is 2.55. The third-order valence-electron chi connectivity index (χ3n) is 4.40. The Morgan fingerprint density at radius 3 is 1.48 bits per heavy atom. The standard InChI is InChI=1S/C13H24O2.C12H22O2/c1-4-5-6-7-8-9-10-11-15-13(14)12(2)3;1-4-6-7-8-10-14-12(13)11(3)9-5-2/h2,4-11H2,1,3H3;3-10H2,1-2H3. The molecule has 0 bridgehead atoms. The van der Waals surface area contributed by atoms with Gasteiger partial charge in [-0.15, -0.1) is 0 Å². The van der Waals surface area contributed by atoms with E-state index in [0.717, 1.165) is 38.5 Å². The van der Waals surface area contributed by atoms with E-state index in [1.165, 1.54) is 44.9 Å². The number of hydrogen-bond acceptors (Lipinski definition) is 4. The summed E-state index contributed by atoms with van der Waals surface area (Å²) in [5.41, 5.74) is 1.08. The molecule has 0 heterocycles. The lowest BCUT2D eigenvalue weighted by molar-refractivity contribution is -0.140. The summed E-state index contributed by atoms with van der Waals surface area (Å²) in [5.74, 6) is -0.482. The summed E-state index contributed by atoms with van der Waals surface area (Å²) >= 11 is 0. The van der Waals surface area contributed by atoms with Crippen LogP contribution in [0.5, 0.6) is 0 Å². The van der Waals surface area contributed by atoms with Crippen molar-refractivity contribution in [2.75, 3.05) is 13.2 Å². The Labute approximate surface area is 180 Å². The van der Waals surface area contributed by atoms with Gasteiger partial charge in [-0.2, -0.15) is 0 Å². The maximum Gasteiger partial charge on any atom is 0.333 e. The van der Waals surface area contributed by atoms with Gasteiger partial charge in [-0.25, -0.2) is 9.59 Å². The minimum absolute atomic E-state index is 0.219. The first-order valence-corrected chi connectivity index (χ1v) is 11.6. The first kappa shape index (κ1) is 29.6. The molecule has 170 valence electrons. The SMILES string of the molecule is C=C(C)C(=O)OCCCCCCCCC.C=C(CCC)C(=O)OCCCCCC. The lowest BCUT2D eigenvalue weighted by Gasteiger charge is -2.05. The minimum atomic E-state index is -0.263. The van der Waals surface area contributed by atoms with Crippen LogP contribution in [0, 0.1) is 0 Å². The molecule has 0 spiro atoms. The fourth-order valence-corrected chi connectivity index (χ4v) is 2.55. The summed E-state index contributed by atoms with van der Waals surface area (Å²) < 4.78 is 10.1. The highest BCUT2D eigenvalue weighted by atomic mass is 16.5. The Morgan fingerprint density at radius 1 is 0.621 bits per heavy atom. The maximum absolute atomic E-state index is 11.2. The van der Waals surface area contributed by atoms with E-state index in [9.17, 15) is 9.59 Å². The Morgan fingerprint density at radius 2 is 1.03 bits per heavy atom. The molecule has 0 aromatic carbocycles. The zero-order valence-electron chi connectivity index (χ0n) is 19.7. The second-order valence-electron chi connectivity index (χ2n) is 7.59. The van der Waals surface area contributed by atoms with Crippen LogP contribution in [0.25, 0.3) is 0 Å². The van der Waals surface area contributed by atoms with Gasteiger partial charge in [0.25, 0.3) is 0 Å². The van der Waals surface area contributed by atoms with Crippen molar-refractivity contribution in [3.63, 3.8) is 0 Å². The van der Waals surface area contributed by atoms with Crippen molar-refractivity contribution < 1.29 is 19.1 Å². The van der Waals surface area contributed by atoms with Gasteiger partial charge in [-0.3, -0.25) is 0 Å². The number of esters is 2. The molecule has 0 fully saturated rings. The van der Waals surface area contributed by atoms with Crippen LogP contribution < -0.4 is 0 Å². The highest BCUT2D eigenvalue weighted by Gasteiger charge is 2.06. The average molecular weight is 411 g/mol. The predicted octanol–water partition coefficient (Wildman–Crippen LogP) is 7.32. The summed E-state index contributed by atoms with van der Waals surface area (Å²) in [6.07, 6.45) is 14.9. The number of carbonyl (C=O) groups excluding carboxylic acids is 2. The highest BCUT2D eigenvalue weighted by Crippen LogP contribution is 2.07. The third kappa shape index (κ3) is 22.6. The van der Waals surface area contributed by atoms with E-state index >= 15 is 0 Å². The Bertz CT molecular complexity index is 440. The van der Waals surface area contributed by atoms with Gasteiger partial charge in [0.15, 0.2) is 0 Å². The molecule has 0 aromatic heterocycles. The first-order chi connectivity index (χ1) is 13.9. The van der Waals surface area contributed by atoms with Gasteiger partial charge in [0.05, 0.1) is 13.2 Å². The molecule has 0 saturated carbocycles. The van der Waals surface area contributed by atoms with Crippen LogP contribution in [0.4, 0.5) is 0 Å². The summed E-state index contributed by atoms with van der Waals surface area (Å²) in [7, 11) is 0. The summed E-state index contributed by atoms with van der Waals surface area (Å²) in [4.78, 5) is 22.2. The molecule has 0 aliphatic carbocycles. The van der Waals surface area contributed by atoms with Crippen LogP contribution in [-0.2, 0) is 19.1 Å². The maximum atomic E-state index is 11.2. The summed E-state index contributed by atoms with van der Waals surface area (Å²) in [5, 5.41) is 0. The first-order valence-electron chi connectivity index (χ1n) is 11.6. The highest BCUT2D eigenvalue weighted by molar-refractivity contribution is 5.87. The van der Waals surface area contributed by atoms with Crippen molar-refractivity contribution in [3.05, 3.63) is 24.3 Å². The number of ether oxygens (including phenoxy) is 2. The van der Waals surface area contributed by atoms with Crippen LogP contribution in [0.1, 0.15) is 111 Å². The molecule has 0 aliphatic rings.